The predicted octanol–water partition coefficient (Wildman–Crippen LogP) is 0.632. The van der Waals surface area contributed by atoms with Crippen molar-refractivity contribution in [2.75, 3.05) is 32.7 Å². The molecule has 1 aliphatic heterocycles. The first-order chi connectivity index (χ1) is 8.58. The molecule has 0 spiro atoms. The lowest BCUT2D eigenvalue weighted by Gasteiger charge is -2.34. The number of hydrogen-bond donors (Lipinski definition) is 1. The number of carbonyl (C=O) groups excluding carboxylic acids is 1. The third-order valence-corrected chi connectivity index (χ3v) is 3.26. The SMILES string of the molecule is Cc1occc1C(=O)N1CCN(CC(N)=S)CC1. The molecule has 1 aromatic heterocycles. The van der Waals surface area contributed by atoms with Crippen molar-refractivity contribution in [1.29, 1.82) is 0 Å². The molecule has 18 heavy (non-hydrogen) atoms. The molecule has 0 atom stereocenters. The molecule has 98 valence electrons. The van der Waals surface area contributed by atoms with Crippen LogP contribution in [0.25, 0.3) is 0 Å². The van der Waals surface area contributed by atoms with E-state index in [4.69, 9.17) is 22.4 Å². The van der Waals surface area contributed by atoms with Crippen molar-refractivity contribution in [2.24, 2.45) is 5.73 Å². The summed E-state index contributed by atoms with van der Waals surface area (Å²) in [5.41, 5.74) is 6.16. The zero-order valence-corrected chi connectivity index (χ0v) is 11.2. The summed E-state index contributed by atoms with van der Waals surface area (Å²) in [5, 5.41) is 0. The first-order valence-electron chi connectivity index (χ1n) is 5.92. The minimum absolute atomic E-state index is 0.0382. The lowest BCUT2D eigenvalue weighted by atomic mass is 10.2. The fourth-order valence-corrected chi connectivity index (χ4v) is 2.29. The molecule has 0 unspecified atom stereocenters. The van der Waals surface area contributed by atoms with Crippen LogP contribution in [0.4, 0.5) is 0 Å². The summed E-state index contributed by atoms with van der Waals surface area (Å²) >= 11 is 4.88. The quantitative estimate of drug-likeness (QED) is 0.814. The molecule has 0 aromatic carbocycles. The van der Waals surface area contributed by atoms with E-state index in [-0.39, 0.29) is 5.91 Å². The smallest absolute Gasteiger partial charge is 0.257 e. The Kier molecular flexibility index (Phi) is 3.98. The monoisotopic (exact) mass is 267 g/mol. The molecular weight excluding hydrogens is 250 g/mol. The van der Waals surface area contributed by atoms with Gasteiger partial charge in [-0.25, -0.2) is 0 Å². The molecule has 2 N–H and O–H groups in total. The van der Waals surface area contributed by atoms with E-state index in [2.05, 4.69) is 4.90 Å². The highest BCUT2D eigenvalue weighted by Crippen LogP contribution is 2.13. The van der Waals surface area contributed by atoms with Crippen LogP contribution in [0.3, 0.4) is 0 Å². The van der Waals surface area contributed by atoms with E-state index in [9.17, 15) is 4.79 Å². The van der Waals surface area contributed by atoms with Crippen molar-refractivity contribution in [3.8, 4) is 0 Å². The highest BCUT2D eigenvalue weighted by molar-refractivity contribution is 7.80. The molecule has 0 aliphatic carbocycles. The van der Waals surface area contributed by atoms with E-state index < -0.39 is 0 Å². The van der Waals surface area contributed by atoms with E-state index in [0.717, 1.165) is 13.1 Å². The first-order valence-corrected chi connectivity index (χ1v) is 6.33. The van der Waals surface area contributed by atoms with Gasteiger partial charge in [0.1, 0.15) is 5.76 Å². The summed E-state index contributed by atoms with van der Waals surface area (Å²) in [4.78, 5) is 16.7. The number of amides is 1. The van der Waals surface area contributed by atoms with Crippen LogP contribution in [0.15, 0.2) is 16.7 Å². The van der Waals surface area contributed by atoms with Crippen LogP contribution in [-0.4, -0.2) is 53.4 Å². The van der Waals surface area contributed by atoms with E-state index in [1.165, 1.54) is 0 Å². The maximum Gasteiger partial charge on any atom is 0.257 e. The molecule has 1 aromatic rings. The van der Waals surface area contributed by atoms with Crippen LogP contribution in [0.5, 0.6) is 0 Å². The Balaban J connectivity index is 1.92. The van der Waals surface area contributed by atoms with Crippen LogP contribution < -0.4 is 5.73 Å². The van der Waals surface area contributed by atoms with E-state index >= 15 is 0 Å². The second-order valence-electron chi connectivity index (χ2n) is 4.43. The predicted molar refractivity (Wildman–Crippen MR) is 72.6 cm³/mol. The normalized spacial score (nSPS) is 16.8. The van der Waals surface area contributed by atoms with Gasteiger partial charge in [0.05, 0.1) is 16.8 Å². The fourth-order valence-electron chi connectivity index (χ4n) is 2.11. The second-order valence-corrected chi connectivity index (χ2v) is 4.95. The summed E-state index contributed by atoms with van der Waals surface area (Å²) in [7, 11) is 0. The minimum atomic E-state index is 0.0382. The Hall–Kier alpha value is -1.40. The molecule has 2 rings (SSSR count). The van der Waals surface area contributed by atoms with Gasteiger partial charge in [0.15, 0.2) is 0 Å². The van der Waals surface area contributed by atoms with Crippen LogP contribution >= 0.6 is 12.2 Å². The Morgan fingerprint density at radius 1 is 1.44 bits per heavy atom. The molecule has 1 fully saturated rings. The zero-order valence-electron chi connectivity index (χ0n) is 10.4. The number of rotatable bonds is 3. The Labute approximate surface area is 112 Å². The van der Waals surface area contributed by atoms with E-state index in [1.54, 1.807) is 19.3 Å². The number of furan rings is 1. The second kappa shape index (κ2) is 5.49. The maximum absolute atomic E-state index is 12.2. The Bertz CT molecular complexity index is 450. The molecule has 0 saturated carbocycles. The van der Waals surface area contributed by atoms with Crippen molar-refractivity contribution >= 4 is 23.1 Å². The lowest BCUT2D eigenvalue weighted by molar-refractivity contribution is 0.0652. The number of nitrogens with two attached hydrogens (primary N) is 1. The van der Waals surface area contributed by atoms with Gasteiger partial charge in [0, 0.05) is 32.7 Å². The van der Waals surface area contributed by atoms with Gasteiger partial charge >= 0.3 is 0 Å². The Morgan fingerprint density at radius 2 is 2.11 bits per heavy atom. The fraction of sp³-hybridized carbons (Fsp3) is 0.500. The van der Waals surface area contributed by atoms with Gasteiger partial charge in [-0.05, 0) is 13.0 Å². The number of hydrogen-bond acceptors (Lipinski definition) is 4. The minimum Gasteiger partial charge on any atom is -0.469 e. The molecular formula is C12H17N3O2S. The van der Waals surface area contributed by atoms with Crippen LogP contribution in [0, 0.1) is 6.92 Å². The van der Waals surface area contributed by atoms with Gasteiger partial charge in [-0.3, -0.25) is 9.69 Å². The van der Waals surface area contributed by atoms with Crippen LogP contribution in [-0.2, 0) is 0 Å². The largest absolute Gasteiger partial charge is 0.469 e. The average Bonchev–Trinajstić information content (AvgIpc) is 2.75. The molecule has 6 heteroatoms. The van der Waals surface area contributed by atoms with Gasteiger partial charge < -0.3 is 15.1 Å². The van der Waals surface area contributed by atoms with Gasteiger partial charge in [-0.2, -0.15) is 0 Å². The topological polar surface area (TPSA) is 62.7 Å². The summed E-state index contributed by atoms with van der Waals surface area (Å²) in [6.45, 7) is 5.44. The number of thiocarbonyl (C=S) groups is 1. The highest BCUT2D eigenvalue weighted by atomic mass is 32.1. The van der Waals surface area contributed by atoms with Crippen molar-refractivity contribution < 1.29 is 9.21 Å². The Morgan fingerprint density at radius 3 is 2.61 bits per heavy atom. The van der Waals surface area contributed by atoms with Crippen LogP contribution in [0.1, 0.15) is 16.1 Å². The molecule has 2 heterocycles. The average molecular weight is 267 g/mol. The number of nitrogens with zero attached hydrogens (tertiary/aromatic N) is 2. The zero-order chi connectivity index (χ0) is 13.1. The first kappa shape index (κ1) is 13.0. The summed E-state index contributed by atoms with van der Waals surface area (Å²) in [6, 6.07) is 1.72. The number of aryl methyl sites for hydroxylation is 1. The standard InChI is InChI=1S/C12H17N3O2S/c1-9-10(2-7-17-9)12(16)15-5-3-14(4-6-15)8-11(13)18/h2,7H,3-6,8H2,1H3,(H2,13,18). The van der Waals surface area contributed by atoms with Crippen molar-refractivity contribution in [3.63, 3.8) is 0 Å². The van der Waals surface area contributed by atoms with Crippen molar-refractivity contribution in [1.82, 2.24) is 9.80 Å². The van der Waals surface area contributed by atoms with Gasteiger partial charge in [-0.15, -0.1) is 0 Å². The van der Waals surface area contributed by atoms with E-state index in [0.29, 0.717) is 35.9 Å². The highest BCUT2D eigenvalue weighted by Gasteiger charge is 2.24. The maximum atomic E-state index is 12.2. The van der Waals surface area contributed by atoms with Gasteiger partial charge in [0.2, 0.25) is 0 Å². The molecule has 1 saturated heterocycles. The van der Waals surface area contributed by atoms with E-state index in [1.807, 2.05) is 4.90 Å². The molecule has 5 nitrogen and oxygen atoms in total. The molecule has 0 bridgehead atoms. The molecule has 1 amide bonds. The molecule has 1 aliphatic rings. The van der Waals surface area contributed by atoms with Crippen molar-refractivity contribution in [3.05, 3.63) is 23.7 Å². The van der Waals surface area contributed by atoms with Gasteiger partial charge in [0.25, 0.3) is 5.91 Å². The lowest BCUT2D eigenvalue weighted by Crippen LogP contribution is -2.50. The number of carbonyl (C=O) groups is 1. The molecule has 0 radical (unpaired) electrons. The van der Waals surface area contributed by atoms with Gasteiger partial charge in [-0.1, -0.05) is 12.2 Å². The third kappa shape index (κ3) is 2.88. The van der Waals surface area contributed by atoms with Crippen molar-refractivity contribution in [2.45, 2.75) is 6.92 Å². The summed E-state index contributed by atoms with van der Waals surface area (Å²) in [5.74, 6) is 0.710. The third-order valence-electron chi connectivity index (χ3n) is 3.13. The van der Waals surface area contributed by atoms with Crippen LogP contribution in [0.2, 0.25) is 0 Å². The number of piperazine rings is 1. The summed E-state index contributed by atoms with van der Waals surface area (Å²) in [6.07, 6.45) is 1.55. The summed E-state index contributed by atoms with van der Waals surface area (Å²) < 4.78 is 5.16.